The molecule has 0 unspecified atom stereocenters. The van der Waals surface area contributed by atoms with E-state index in [9.17, 15) is 4.79 Å². The second-order valence-electron chi connectivity index (χ2n) is 3.43. The molecule has 0 radical (unpaired) electrons. The molecule has 1 rings (SSSR count). The molecule has 0 saturated heterocycles. The van der Waals surface area contributed by atoms with E-state index < -0.39 is 0 Å². The molecule has 0 spiro atoms. The lowest BCUT2D eigenvalue weighted by molar-refractivity contribution is 0.0780. The van der Waals surface area contributed by atoms with Crippen molar-refractivity contribution in [2.24, 2.45) is 5.73 Å². The minimum absolute atomic E-state index is 0.187. The summed E-state index contributed by atoms with van der Waals surface area (Å²) in [5, 5.41) is 0. The van der Waals surface area contributed by atoms with E-state index in [1.54, 1.807) is 11.0 Å². The molecule has 1 amide bonds. The number of halogens is 2. The van der Waals surface area contributed by atoms with Gasteiger partial charge in [0.25, 0.3) is 5.91 Å². The number of nitrogens with zero attached hydrogens (tertiary/aromatic N) is 1. The summed E-state index contributed by atoms with van der Waals surface area (Å²) in [6, 6.07) is 1.57. The van der Waals surface area contributed by atoms with Crippen LogP contribution in [-0.4, -0.2) is 28.9 Å². The fourth-order valence-electron chi connectivity index (χ4n) is 1.37. The number of thiocarbonyl (C=S) groups is 1. The first-order valence-corrected chi connectivity index (χ1v) is 6.96. The highest BCUT2D eigenvalue weighted by Crippen LogP contribution is 2.31. The molecule has 17 heavy (non-hydrogen) atoms. The van der Waals surface area contributed by atoms with Crippen molar-refractivity contribution >= 4 is 57.7 Å². The van der Waals surface area contributed by atoms with Gasteiger partial charge in [0, 0.05) is 6.54 Å². The van der Waals surface area contributed by atoms with Crippen molar-refractivity contribution in [2.45, 2.75) is 13.3 Å². The third-order valence-corrected chi connectivity index (χ3v) is 3.63. The summed E-state index contributed by atoms with van der Waals surface area (Å²) in [6.07, 6.45) is 0.823. The molecular weight excluding hydrogens is 299 g/mol. The van der Waals surface area contributed by atoms with Crippen molar-refractivity contribution in [3.05, 3.63) is 20.3 Å². The van der Waals surface area contributed by atoms with Gasteiger partial charge in [0.15, 0.2) is 0 Å². The zero-order valence-corrected chi connectivity index (χ0v) is 12.3. The fourth-order valence-corrected chi connectivity index (χ4v) is 2.97. The van der Waals surface area contributed by atoms with Crippen molar-refractivity contribution in [3.8, 4) is 0 Å². The van der Waals surface area contributed by atoms with Gasteiger partial charge in [-0.15, -0.1) is 11.3 Å². The van der Waals surface area contributed by atoms with Crippen LogP contribution in [0.2, 0.25) is 8.67 Å². The van der Waals surface area contributed by atoms with Gasteiger partial charge >= 0.3 is 0 Å². The number of hydrogen-bond acceptors (Lipinski definition) is 3. The van der Waals surface area contributed by atoms with Crippen LogP contribution in [0.3, 0.4) is 0 Å². The summed E-state index contributed by atoms with van der Waals surface area (Å²) in [5.74, 6) is -0.187. The molecule has 0 aromatic carbocycles. The number of thiophene rings is 1. The Morgan fingerprint density at radius 3 is 2.65 bits per heavy atom. The van der Waals surface area contributed by atoms with Gasteiger partial charge in [-0.25, -0.2) is 0 Å². The standard InChI is InChI=1S/C10H12Cl2N2OS2/c1-2-3-14(5-8(13)16)10(15)6-4-7(11)17-9(6)12/h4H,2-3,5H2,1H3,(H2,13,16). The van der Waals surface area contributed by atoms with Crippen LogP contribution in [0.1, 0.15) is 23.7 Å². The Balaban J connectivity index is 2.91. The van der Waals surface area contributed by atoms with Crippen molar-refractivity contribution in [1.82, 2.24) is 4.90 Å². The Morgan fingerprint density at radius 1 is 1.59 bits per heavy atom. The van der Waals surface area contributed by atoms with E-state index in [0.29, 0.717) is 20.8 Å². The maximum atomic E-state index is 12.2. The highest BCUT2D eigenvalue weighted by molar-refractivity contribution is 7.80. The quantitative estimate of drug-likeness (QED) is 0.850. The van der Waals surface area contributed by atoms with Crippen molar-refractivity contribution in [1.29, 1.82) is 0 Å². The van der Waals surface area contributed by atoms with E-state index in [2.05, 4.69) is 0 Å². The highest BCUT2D eigenvalue weighted by Gasteiger charge is 2.20. The van der Waals surface area contributed by atoms with Gasteiger partial charge in [-0.1, -0.05) is 42.3 Å². The topological polar surface area (TPSA) is 46.3 Å². The van der Waals surface area contributed by atoms with Crippen LogP contribution in [0.15, 0.2) is 6.07 Å². The van der Waals surface area contributed by atoms with E-state index in [1.807, 2.05) is 6.92 Å². The molecule has 7 heteroatoms. The molecule has 0 saturated carbocycles. The molecule has 0 bridgehead atoms. The third-order valence-electron chi connectivity index (χ3n) is 2.01. The summed E-state index contributed by atoms with van der Waals surface area (Å²) >= 11 is 17.7. The normalized spacial score (nSPS) is 10.3. The molecule has 1 heterocycles. The van der Waals surface area contributed by atoms with Crippen LogP contribution in [0.25, 0.3) is 0 Å². The number of carbonyl (C=O) groups is 1. The first-order chi connectivity index (χ1) is 7.95. The maximum absolute atomic E-state index is 12.2. The van der Waals surface area contributed by atoms with Gasteiger partial charge in [-0.05, 0) is 12.5 Å². The highest BCUT2D eigenvalue weighted by atomic mass is 35.5. The van der Waals surface area contributed by atoms with Crippen LogP contribution >= 0.6 is 46.8 Å². The lowest BCUT2D eigenvalue weighted by Gasteiger charge is -2.21. The molecule has 0 aliphatic rings. The number of carbonyl (C=O) groups excluding carboxylic acids is 1. The fraction of sp³-hybridized carbons (Fsp3) is 0.400. The molecule has 1 aromatic heterocycles. The monoisotopic (exact) mass is 310 g/mol. The van der Waals surface area contributed by atoms with Crippen LogP contribution in [0, 0.1) is 0 Å². The van der Waals surface area contributed by atoms with E-state index in [0.717, 1.165) is 6.42 Å². The van der Waals surface area contributed by atoms with E-state index >= 15 is 0 Å². The van der Waals surface area contributed by atoms with E-state index in [-0.39, 0.29) is 17.4 Å². The SMILES string of the molecule is CCCN(CC(N)=S)C(=O)c1cc(Cl)sc1Cl. The number of nitrogens with two attached hydrogens (primary N) is 1. The Bertz CT molecular complexity index is 434. The van der Waals surface area contributed by atoms with Crippen molar-refractivity contribution in [3.63, 3.8) is 0 Å². The van der Waals surface area contributed by atoms with E-state index in [1.165, 1.54) is 11.3 Å². The predicted octanol–water partition coefficient (Wildman–Crippen LogP) is 3.19. The second-order valence-corrected chi connectivity index (χ2v) is 6.24. The van der Waals surface area contributed by atoms with Crippen LogP contribution in [-0.2, 0) is 0 Å². The second kappa shape index (κ2) is 6.54. The molecule has 94 valence electrons. The van der Waals surface area contributed by atoms with Gasteiger partial charge in [-0.3, -0.25) is 4.79 Å². The molecule has 0 fully saturated rings. The average molecular weight is 311 g/mol. The lowest BCUT2D eigenvalue weighted by Crippen LogP contribution is -2.38. The third kappa shape index (κ3) is 4.10. The first-order valence-electron chi connectivity index (χ1n) is 4.98. The van der Waals surface area contributed by atoms with Gasteiger partial charge in [-0.2, -0.15) is 0 Å². The summed E-state index contributed by atoms with van der Waals surface area (Å²) in [5.41, 5.74) is 5.87. The average Bonchev–Trinajstić information content (AvgIpc) is 2.55. The largest absolute Gasteiger partial charge is 0.392 e. The Hall–Kier alpha value is -0.360. The molecule has 2 N–H and O–H groups in total. The van der Waals surface area contributed by atoms with E-state index in [4.69, 9.17) is 41.2 Å². The van der Waals surface area contributed by atoms with Crippen molar-refractivity contribution in [2.75, 3.05) is 13.1 Å². The summed E-state index contributed by atoms with van der Waals surface area (Å²) in [7, 11) is 0. The van der Waals surface area contributed by atoms with Gasteiger partial charge in [0.05, 0.1) is 21.4 Å². The zero-order chi connectivity index (χ0) is 13.0. The molecular formula is C10H12Cl2N2OS2. The van der Waals surface area contributed by atoms with Crippen molar-refractivity contribution < 1.29 is 4.79 Å². The minimum Gasteiger partial charge on any atom is -0.392 e. The molecule has 0 atom stereocenters. The Morgan fingerprint density at radius 2 is 2.24 bits per heavy atom. The van der Waals surface area contributed by atoms with Crippen LogP contribution in [0.4, 0.5) is 0 Å². The lowest BCUT2D eigenvalue weighted by atomic mass is 10.2. The van der Waals surface area contributed by atoms with Gasteiger partial charge in [0.1, 0.15) is 4.34 Å². The summed E-state index contributed by atoms with van der Waals surface area (Å²) in [4.78, 5) is 14.0. The van der Waals surface area contributed by atoms with Crippen LogP contribution in [0.5, 0.6) is 0 Å². The predicted molar refractivity (Wildman–Crippen MR) is 77.3 cm³/mol. The smallest absolute Gasteiger partial charge is 0.256 e. The molecule has 0 aliphatic carbocycles. The Labute approximate surface area is 119 Å². The summed E-state index contributed by atoms with van der Waals surface area (Å²) in [6.45, 7) is 2.81. The number of hydrogen-bond donors (Lipinski definition) is 1. The molecule has 3 nitrogen and oxygen atoms in total. The van der Waals surface area contributed by atoms with Gasteiger partial charge < -0.3 is 10.6 Å². The zero-order valence-electron chi connectivity index (χ0n) is 9.20. The minimum atomic E-state index is -0.187. The molecule has 1 aromatic rings. The first kappa shape index (κ1) is 14.7. The number of amides is 1. The Kier molecular flexibility index (Phi) is 5.66. The van der Waals surface area contributed by atoms with Gasteiger partial charge in [0.2, 0.25) is 0 Å². The number of rotatable bonds is 5. The maximum Gasteiger partial charge on any atom is 0.256 e. The summed E-state index contributed by atoms with van der Waals surface area (Å²) < 4.78 is 0.883. The molecule has 0 aliphatic heterocycles. The van der Waals surface area contributed by atoms with Crippen LogP contribution < -0.4 is 5.73 Å².